The normalized spacial score (nSPS) is 9.15. The van der Waals surface area contributed by atoms with Crippen molar-refractivity contribution in [3.8, 4) is 6.07 Å². The fraction of sp³-hybridized carbons (Fsp3) is 0.111. The highest BCUT2D eigenvalue weighted by atomic mass is 32.2. The summed E-state index contributed by atoms with van der Waals surface area (Å²) < 4.78 is 0.448. The van der Waals surface area contributed by atoms with Crippen LogP contribution in [0.15, 0.2) is 24.3 Å². The SMILES string of the molecule is N#Cc1ccc(CSC(N)=S)cc1. The van der Waals surface area contributed by atoms with Gasteiger partial charge < -0.3 is 5.73 Å². The molecular weight excluding hydrogens is 200 g/mol. The van der Waals surface area contributed by atoms with Crippen LogP contribution in [0.5, 0.6) is 0 Å². The van der Waals surface area contributed by atoms with E-state index in [1.807, 2.05) is 12.1 Å². The molecule has 0 radical (unpaired) electrons. The smallest absolute Gasteiger partial charge is 0.131 e. The van der Waals surface area contributed by atoms with E-state index in [0.717, 1.165) is 11.3 Å². The molecule has 0 spiro atoms. The lowest BCUT2D eigenvalue weighted by atomic mass is 10.2. The van der Waals surface area contributed by atoms with Crippen molar-refractivity contribution in [2.24, 2.45) is 5.73 Å². The lowest BCUT2D eigenvalue weighted by molar-refractivity contribution is 1.40. The van der Waals surface area contributed by atoms with Gasteiger partial charge in [-0.2, -0.15) is 5.26 Å². The highest BCUT2D eigenvalue weighted by Gasteiger charge is 1.95. The molecule has 66 valence electrons. The Morgan fingerprint density at radius 1 is 1.46 bits per heavy atom. The number of nitrogens with two attached hydrogens (primary N) is 1. The zero-order valence-corrected chi connectivity index (χ0v) is 8.49. The average molecular weight is 208 g/mol. The predicted molar refractivity (Wildman–Crippen MR) is 59.2 cm³/mol. The Morgan fingerprint density at radius 2 is 2.08 bits per heavy atom. The van der Waals surface area contributed by atoms with Crippen molar-refractivity contribution in [3.05, 3.63) is 35.4 Å². The second-order valence-corrected chi connectivity index (χ2v) is 4.13. The molecule has 0 aliphatic rings. The number of hydrogen-bond acceptors (Lipinski definition) is 3. The summed E-state index contributed by atoms with van der Waals surface area (Å²) in [6.45, 7) is 0. The molecule has 0 aliphatic heterocycles. The van der Waals surface area contributed by atoms with Crippen molar-refractivity contribution >= 4 is 28.3 Å². The second-order valence-electron chi connectivity index (χ2n) is 2.42. The summed E-state index contributed by atoms with van der Waals surface area (Å²) in [7, 11) is 0. The topological polar surface area (TPSA) is 49.8 Å². The Kier molecular flexibility index (Phi) is 3.74. The van der Waals surface area contributed by atoms with Crippen molar-refractivity contribution in [3.63, 3.8) is 0 Å². The van der Waals surface area contributed by atoms with E-state index in [0.29, 0.717) is 9.88 Å². The van der Waals surface area contributed by atoms with E-state index in [2.05, 4.69) is 6.07 Å². The van der Waals surface area contributed by atoms with Gasteiger partial charge in [-0.25, -0.2) is 0 Å². The summed E-state index contributed by atoms with van der Waals surface area (Å²) in [6.07, 6.45) is 0. The van der Waals surface area contributed by atoms with E-state index in [1.54, 1.807) is 12.1 Å². The maximum Gasteiger partial charge on any atom is 0.131 e. The Labute approximate surface area is 86.7 Å². The van der Waals surface area contributed by atoms with Gasteiger partial charge in [0.15, 0.2) is 0 Å². The van der Waals surface area contributed by atoms with Crippen molar-refractivity contribution in [1.82, 2.24) is 0 Å². The minimum atomic E-state index is 0.448. The molecule has 0 saturated heterocycles. The average Bonchev–Trinajstić information content (AvgIpc) is 2.15. The molecule has 0 fully saturated rings. The molecule has 0 saturated carbocycles. The molecule has 0 bridgehead atoms. The lowest BCUT2D eigenvalue weighted by Gasteiger charge is -1.98. The van der Waals surface area contributed by atoms with Gasteiger partial charge >= 0.3 is 0 Å². The van der Waals surface area contributed by atoms with E-state index in [1.165, 1.54) is 11.8 Å². The molecule has 13 heavy (non-hydrogen) atoms. The molecule has 0 atom stereocenters. The quantitative estimate of drug-likeness (QED) is 0.756. The van der Waals surface area contributed by atoms with Gasteiger partial charge in [-0.3, -0.25) is 0 Å². The van der Waals surface area contributed by atoms with Crippen LogP contribution in [0.1, 0.15) is 11.1 Å². The maximum atomic E-state index is 8.55. The number of rotatable bonds is 2. The predicted octanol–water partition coefficient (Wildman–Crippen LogP) is 2.04. The third kappa shape index (κ3) is 3.45. The summed E-state index contributed by atoms with van der Waals surface area (Å²) in [5.74, 6) is 0.765. The number of hydrogen-bond donors (Lipinski definition) is 1. The molecule has 1 rings (SSSR count). The van der Waals surface area contributed by atoms with Gasteiger partial charge in [0.25, 0.3) is 0 Å². The van der Waals surface area contributed by atoms with Crippen LogP contribution in [0.2, 0.25) is 0 Å². The molecular formula is C9H8N2S2. The third-order valence-electron chi connectivity index (χ3n) is 1.46. The molecule has 1 aromatic carbocycles. The van der Waals surface area contributed by atoms with Gasteiger partial charge in [0.2, 0.25) is 0 Å². The molecule has 2 N–H and O–H groups in total. The highest BCUT2D eigenvalue weighted by Crippen LogP contribution is 2.12. The summed E-state index contributed by atoms with van der Waals surface area (Å²) in [6, 6.07) is 9.45. The Morgan fingerprint density at radius 3 is 2.54 bits per heavy atom. The minimum Gasteiger partial charge on any atom is -0.385 e. The van der Waals surface area contributed by atoms with Gasteiger partial charge in [0.05, 0.1) is 11.6 Å². The molecule has 0 amide bonds. The first-order chi connectivity index (χ1) is 6.22. The highest BCUT2D eigenvalue weighted by molar-refractivity contribution is 8.22. The Bertz CT molecular complexity index is 338. The summed E-state index contributed by atoms with van der Waals surface area (Å²) in [5, 5.41) is 8.55. The van der Waals surface area contributed by atoms with Gasteiger partial charge in [-0.05, 0) is 17.7 Å². The van der Waals surface area contributed by atoms with E-state index < -0.39 is 0 Å². The molecule has 2 nitrogen and oxygen atoms in total. The van der Waals surface area contributed by atoms with Gasteiger partial charge in [0, 0.05) is 5.75 Å². The van der Waals surface area contributed by atoms with E-state index in [-0.39, 0.29) is 0 Å². The number of benzene rings is 1. The van der Waals surface area contributed by atoms with Gasteiger partial charge in [-0.1, -0.05) is 36.1 Å². The molecule has 4 heteroatoms. The van der Waals surface area contributed by atoms with E-state index >= 15 is 0 Å². The van der Waals surface area contributed by atoms with Crippen LogP contribution >= 0.6 is 24.0 Å². The molecule has 0 heterocycles. The molecule has 1 aromatic rings. The van der Waals surface area contributed by atoms with Crippen LogP contribution < -0.4 is 5.73 Å². The standard InChI is InChI=1S/C9H8N2S2/c10-5-7-1-3-8(4-2-7)6-13-9(11)12/h1-4H,6H2,(H2,11,12). The fourth-order valence-electron chi connectivity index (χ4n) is 0.830. The minimum absolute atomic E-state index is 0.448. The van der Waals surface area contributed by atoms with Crippen LogP contribution in [-0.2, 0) is 5.75 Å². The van der Waals surface area contributed by atoms with Crippen LogP contribution in [0, 0.1) is 11.3 Å². The first-order valence-electron chi connectivity index (χ1n) is 3.63. The van der Waals surface area contributed by atoms with Crippen molar-refractivity contribution in [2.75, 3.05) is 0 Å². The van der Waals surface area contributed by atoms with Gasteiger partial charge in [0.1, 0.15) is 4.32 Å². The number of nitriles is 1. The van der Waals surface area contributed by atoms with Crippen molar-refractivity contribution in [2.45, 2.75) is 5.75 Å². The largest absolute Gasteiger partial charge is 0.385 e. The second kappa shape index (κ2) is 4.85. The van der Waals surface area contributed by atoms with Crippen molar-refractivity contribution in [1.29, 1.82) is 5.26 Å². The summed E-state index contributed by atoms with van der Waals surface area (Å²) >= 11 is 6.16. The van der Waals surface area contributed by atoms with E-state index in [4.69, 9.17) is 23.2 Å². The first-order valence-corrected chi connectivity index (χ1v) is 5.03. The summed E-state index contributed by atoms with van der Waals surface area (Å²) in [4.78, 5) is 0. The molecule has 0 aliphatic carbocycles. The monoisotopic (exact) mass is 208 g/mol. The lowest BCUT2D eigenvalue weighted by Crippen LogP contribution is -2.01. The van der Waals surface area contributed by atoms with Crippen LogP contribution in [0.3, 0.4) is 0 Å². The maximum absolute atomic E-state index is 8.55. The number of thiocarbonyl (C=S) groups is 1. The molecule has 0 unspecified atom stereocenters. The van der Waals surface area contributed by atoms with Crippen molar-refractivity contribution < 1.29 is 0 Å². The zero-order valence-electron chi connectivity index (χ0n) is 6.86. The Hall–Kier alpha value is -1.05. The van der Waals surface area contributed by atoms with Crippen LogP contribution in [0.4, 0.5) is 0 Å². The first kappa shape index (κ1) is 10.0. The van der Waals surface area contributed by atoms with Gasteiger partial charge in [-0.15, -0.1) is 0 Å². The van der Waals surface area contributed by atoms with Crippen LogP contribution in [-0.4, -0.2) is 4.32 Å². The fourth-order valence-corrected chi connectivity index (χ4v) is 1.51. The Balaban J connectivity index is 2.60. The number of nitrogens with zero attached hydrogens (tertiary/aromatic N) is 1. The molecule has 0 aromatic heterocycles. The third-order valence-corrected chi connectivity index (χ3v) is 2.58. The zero-order chi connectivity index (χ0) is 9.68. The van der Waals surface area contributed by atoms with E-state index in [9.17, 15) is 0 Å². The number of thioether (sulfide) groups is 1. The summed E-state index contributed by atoms with van der Waals surface area (Å²) in [5.41, 5.74) is 7.13. The van der Waals surface area contributed by atoms with Crippen LogP contribution in [0.25, 0.3) is 0 Å².